The highest BCUT2D eigenvalue weighted by Gasteiger charge is 2.12. The van der Waals surface area contributed by atoms with Crippen LogP contribution in [0.15, 0.2) is 36.4 Å². The van der Waals surface area contributed by atoms with Gasteiger partial charge in [-0.25, -0.2) is 4.79 Å². The van der Waals surface area contributed by atoms with E-state index in [1.165, 1.54) is 7.11 Å². The number of fused-ring (bicyclic) bond motifs is 1. The molecule has 3 nitrogen and oxygen atoms in total. The van der Waals surface area contributed by atoms with Crippen LogP contribution in [0.25, 0.3) is 10.8 Å². The standard InChI is InChI=1S/C14H15NO2/c1-17-14(16)12-7-3-6-10-4-2-5-11(8-9-15)13(10)12/h2-7H,8-9,15H2,1H3. The van der Waals surface area contributed by atoms with Crippen molar-refractivity contribution in [2.24, 2.45) is 5.73 Å². The Morgan fingerprint density at radius 1 is 1.24 bits per heavy atom. The molecule has 0 fully saturated rings. The van der Waals surface area contributed by atoms with Gasteiger partial charge in [0.05, 0.1) is 12.7 Å². The van der Waals surface area contributed by atoms with Crippen molar-refractivity contribution in [2.75, 3.05) is 13.7 Å². The van der Waals surface area contributed by atoms with E-state index in [2.05, 4.69) is 0 Å². The van der Waals surface area contributed by atoms with Gasteiger partial charge in [0.2, 0.25) is 0 Å². The maximum absolute atomic E-state index is 11.7. The Morgan fingerprint density at radius 2 is 1.94 bits per heavy atom. The molecule has 17 heavy (non-hydrogen) atoms. The minimum absolute atomic E-state index is 0.305. The van der Waals surface area contributed by atoms with Crippen LogP contribution >= 0.6 is 0 Å². The average Bonchev–Trinajstić information content (AvgIpc) is 2.38. The first kappa shape index (κ1) is 11.6. The number of hydrogen-bond acceptors (Lipinski definition) is 3. The number of rotatable bonds is 3. The number of ether oxygens (including phenoxy) is 1. The highest BCUT2D eigenvalue weighted by molar-refractivity contribution is 6.05. The van der Waals surface area contributed by atoms with Gasteiger partial charge in [0.15, 0.2) is 0 Å². The largest absolute Gasteiger partial charge is 0.465 e. The van der Waals surface area contributed by atoms with Crippen molar-refractivity contribution in [3.8, 4) is 0 Å². The molecule has 0 atom stereocenters. The van der Waals surface area contributed by atoms with Gasteiger partial charge in [-0.3, -0.25) is 0 Å². The second-order valence-corrected chi connectivity index (χ2v) is 3.85. The molecule has 88 valence electrons. The van der Waals surface area contributed by atoms with E-state index in [9.17, 15) is 4.79 Å². The van der Waals surface area contributed by atoms with E-state index in [1.54, 1.807) is 6.07 Å². The molecular formula is C14H15NO2. The van der Waals surface area contributed by atoms with Crippen molar-refractivity contribution in [3.63, 3.8) is 0 Å². The number of carbonyl (C=O) groups excluding carboxylic acids is 1. The zero-order valence-electron chi connectivity index (χ0n) is 9.77. The Balaban J connectivity index is 2.71. The van der Waals surface area contributed by atoms with Crippen molar-refractivity contribution in [2.45, 2.75) is 6.42 Å². The van der Waals surface area contributed by atoms with Crippen LogP contribution < -0.4 is 5.73 Å². The summed E-state index contributed by atoms with van der Waals surface area (Å²) in [5, 5.41) is 1.99. The lowest BCUT2D eigenvalue weighted by atomic mass is 9.97. The van der Waals surface area contributed by atoms with Crippen LogP contribution in [0.1, 0.15) is 15.9 Å². The van der Waals surface area contributed by atoms with E-state index >= 15 is 0 Å². The Labute approximate surface area is 100 Å². The van der Waals surface area contributed by atoms with E-state index in [0.717, 1.165) is 22.8 Å². The van der Waals surface area contributed by atoms with E-state index in [-0.39, 0.29) is 5.97 Å². The smallest absolute Gasteiger partial charge is 0.338 e. The summed E-state index contributed by atoms with van der Waals surface area (Å²) in [5.74, 6) is -0.305. The van der Waals surface area contributed by atoms with Crippen molar-refractivity contribution in [1.29, 1.82) is 0 Å². The summed E-state index contributed by atoms with van der Waals surface area (Å²) < 4.78 is 4.81. The molecule has 2 aromatic carbocycles. The summed E-state index contributed by atoms with van der Waals surface area (Å²) >= 11 is 0. The van der Waals surface area contributed by atoms with Crippen LogP contribution in [0, 0.1) is 0 Å². The average molecular weight is 229 g/mol. The first-order valence-corrected chi connectivity index (χ1v) is 5.57. The maximum atomic E-state index is 11.7. The number of methoxy groups -OCH3 is 1. The number of nitrogens with two attached hydrogens (primary N) is 1. The normalized spacial score (nSPS) is 10.5. The van der Waals surface area contributed by atoms with Crippen LogP contribution in [-0.2, 0) is 11.2 Å². The lowest BCUT2D eigenvalue weighted by Crippen LogP contribution is -2.07. The summed E-state index contributed by atoms with van der Waals surface area (Å²) in [6, 6.07) is 11.6. The maximum Gasteiger partial charge on any atom is 0.338 e. The third kappa shape index (κ3) is 2.15. The Kier molecular flexibility index (Phi) is 3.40. The summed E-state index contributed by atoms with van der Waals surface area (Å²) in [4.78, 5) is 11.7. The third-order valence-corrected chi connectivity index (χ3v) is 2.81. The molecule has 0 saturated heterocycles. The molecule has 2 aromatic rings. The molecule has 0 aliphatic heterocycles. The zero-order valence-corrected chi connectivity index (χ0v) is 9.77. The van der Waals surface area contributed by atoms with Crippen molar-refractivity contribution >= 4 is 16.7 Å². The number of carbonyl (C=O) groups is 1. The van der Waals surface area contributed by atoms with Gasteiger partial charge in [-0.1, -0.05) is 30.3 Å². The third-order valence-electron chi connectivity index (χ3n) is 2.81. The number of esters is 1. The van der Waals surface area contributed by atoms with Crippen molar-refractivity contribution in [1.82, 2.24) is 0 Å². The monoisotopic (exact) mass is 229 g/mol. The molecule has 2 N–H and O–H groups in total. The summed E-state index contributed by atoms with van der Waals surface area (Å²) in [7, 11) is 1.40. The molecule has 0 spiro atoms. The molecule has 0 bridgehead atoms. The minimum atomic E-state index is -0.305. The summed E-state index contributed by atoms with van der Waals surface area (Å²) in [5.41, 5.74) is 7.29. The quantitative estimate of drug-likeness (QED) is 0.820. The Hall–Kier alpha value is -1.87. The number of benzene rings is 2. The zero-order chi connectivity index (χ0) is 12.3. The molecule has 0 aliphatic carbocycles. The van der Waals surface area contributed by atoms with Crippen LogP contribution in [0.5, 0.6) is 0 Å². The Bertz CT molecular complexity index is 544. The lowest BCUT2D eigenvalue weighted by Gasteiger charge is -2.09. The fraction of sp³-hybridized carbons (Fsp3) is 0.214. The molecular weight excluding hydrogens is 214 g/mol. The van der Waals surface area contributed by atoms with Gasteiger partial charge in [-0.15, -0.1) is 0 Å². The SMILES string of the molecule is COC(=O)c1cccc2cccc(CCN)c12. The fourth-order valence-electron chi connectivity index (χ4n) is 2.06. The topological polar surface area (TPSA) is 52.3 Å². The second-order valence-electron chi connectivity index (χ2n) is 3.85. The van der Waals surface area contributed by atoms with E-state index in [0.29, 0.717) is 12.1 Å². The van der Waals surface area contributed by atoms with Gasteiger partial charge in [-0.2, -0.15) is 0 Å². The number of hydrogen-bond donors (Lipinski definition) is 1. The summed E-state index contributed by atoms with van der Waals surface area (Å²) in [6.45, 7) is 0.564. The molecule has 2 rings (SSSR count). The molecule has 0 saturated carbocycles. The highest BCUT2D eigenvalue weighted by atomic mass is 16.5. The van der Waals surface area contributed by atoms with Crippen molar-refractivity contribution in [3.05, 3.63) is 47.5 Å². The van der Waals surface area contributed by atoms with E-state index < -0.39 is 0 Å². The predicted octanol–water partition coefficient (Wildman–Crippen LogP) is 2.13. The van der Waals surface area contributed by atoms with Crippen LogP contribution in [0.4, 0.5) is 0 Å². The molecule has 0 aromatic heterocycles. The van der Waals surface area contributed by atoms with Gasteiger partial charge in [0.25, 0.3) is 0 Å². The van der Waals surface area contributed by atoms with Gasteiger partial charge < -0.3 is 10.5 Å². The van der Waals surface area contributed by atoms with Gasteiger partial charge in [-0.05, 0) is 35.4 Å². The van der Waals surface area contributed by atoms with Crippen LogP contribution in [0.3, 0.4) is 0 Å². The van der Waals surface area contributed by atoms with Crippen LogP contribution in [0.2, 0.25) is 0 Å². The predicted molar refractivity (Wildman–Crippen MR) is 68.0 cm³/mol. The molecule has 0 unspecified atom stereocenters. The molecule has 3 heteroatoms. The van der Waals surface area contributed by atoms with E-state index in [4.69, 9.17) is 10.5 Å². The van der Waals surface area contributed by atoms with Gasteiger partial charge >= 0.3 is 5.97 Å². The molecule has 0 aliphatic rings. The second kappa shape index (κ2) is 4.97. The highest BCUT2D eigenvalue weighted by Crippen LogP contribution is 2.24. The molecule has 0 heterocycles. The van der Waals surface area contributed by atoms with Crippen molar-refractivity contribution < 1.29 is 9.53 Å². The van der Waals surface area contributed by atoms with E-state index in [1.807, 2.05) is 30.3 Å². The summed E-state index contributed by atoms with van der Waals surface area (Å²) in [6.07, 6.45) is 0.755. The first-order valence-electron chi connectivity index (χ1n) is 5.57. The fourth-order valence-corrected chi connectivity index (χ4v) is 2.06. The van der Waals surface area contributed by atoms with Gasteiger partial charge in [0.1, 0.15) is 0 Å². The Morgan fingerprint density at radius 3 is 2.59 bits per heavy atom. The molecule has 0 amide bonds. The van der Waals surface area contributed by atoms with Crippen LogP contribution in [-0.4, -0.2) is 19.6 Å². The molecule has 0 radical (unpaired) electrons. The van der Waals surface area contributed by atoms with Gasteiger partial charge in [0, 0.05) is 0 Å². The first-order chi connectivity index (χ1) is 8.27. The lowest BCUT2D eigenvalue weighted by molar-refractivity contribution is 0.0603. The minimum Gasteiger partial charge on any atom is -0.465 e.